The Kier molecular flexibility index (Phi) is 2.82. The maximum Gasteiger partial charge on any atom is 0.335 e. The van der Waals surface area contributed by atoms with Crippen LogP contribution in [0.25, 0.3) is 0 Å². The summed E-state index contributed by atoms with van der Waals surface area (Å²) in [6.45, 7) is 0. The molecule has 5 rings (SSSR count). The molecule has 3 nitrogen and oxygen atoms in total. The Labute approximate surface area is 125 Å². The van der Waals surface area contributed by atoms with Crippen LogP contribution in [0.3, 0.4) is 0 Å². The van der Waals surface area contributed by atoms with Gasteiger partial charge in [-0.3, -0.25) is 0 Å². The van der Waals surface area contributed by atoms with E-state index in [1.807, 2.05) is 6.07 Å². The van der Waals surface area contributed by atoms with E-state index in [1.54, 1.807) is 19.2 Å². The van der Waals surface area contributed by atoms with Crippen molar-refractivity contribution in [2.75, 3.05) is 7.11 Å². The number of rotatable bonds is 3. The molecule has 3 heteroatoms. The highest BCUT2D eigenvalue weighted by Gasteiger charge is 2.52. The zero-order chi connectivity index (χ0) is 14.6. The number of ether oxygens (including phenoxy) is 1. The maximum atomic E-state index is 11.2. The highest BCUT2D eigenvalue weighted by molar-refractivity contribution is 5.88. The van der Waals surface area contributed by atoms with E-state index in [-0.39, 0.29) is 5.41 Å². The van der Waals surface area contributed by atoms with Crippen LogP contribution in [-0.4, -0.2) is 18.2 Å². The van der Waals surface area contributed by atoms with Crippen molar-refractivity contribution in [2.24, 2.45) is 17.8 Å². The number of benzene rings is 1. The van der Waals surface area contributed by atoms with Crippen molar-refractivity contribution in [2.45, 2.75) is 43.9 Å². The third-order valence-corrected chi connectivity index (χ3v) is 6.06. The zero-order valence-corrected chi connectivity index (χ0v) is 12.5. The fourth-order valence-corrected chi connectivity index (χ4v) is 5.70. The summed E-state index contributed by atoms with van der Waals surface area (Å²) in [7, 11) is 1.66. The van der Waals surface area contributed by atoms with Gasteiger partial charge in [0.1, 0.15) is 5.75 Å². The first-order chi connectivity index (χ1) is 10.1. The Hall–Kier alpha value is -1.51. The van der Waals surface area contributed by atoms with E-state index in [4.69, 9.17) is 4.74 Å². The Morgan fingerprint density at radius 2 is 1.71 bits per heavy atom. The van der Waals surface area contributed by atoms with Crippen LogP contribution in [0.15, 0.2) is 18.2 Å². The summed E-state index contributed by atoms with van der Waals surface area (Å²) < 4.78 is 5.56. The van der Waals surface area contributed by atoms with E-state index < -0.39 is 5.97 Å². The first kappa shape index (κ1) is 13.2. The van der Waals surface area contributed by atoms with Gasteiger partial charge in [0.2, 0.25) is 0 Å². The predicted molar refractivity (Wildman–Crippen MR) is 79.8 cm³/mol. The number of hydrogen-bond acceptors (Lipinski definition) is 2. The minimum atomic E-state index is -0.884. The van der Waals surface area contributed by atoms with Crippen molar-refractivity contribution in [1.29, 1.82) is 0 Å². The normalized spacial score (nSPS) is 36.7. The van der Waals surface area contributed by atoms with Crippen molar-refractivity contribution < 1.29 is 14.6 Å². The molecule has 0 heterocycles. The molecule has 4 aliphatic rings. The zero-order valence-electron chi connectivity index (χ0n) is 12.5. The summed E-state index contributed by atoms with van der Waals surface area (Å²) in [5, 5.41) is 9.17. The van der Waals surface area contributed by atoms with Gasteiger partial charge >= 0.3 is 5.97 Å². The first-order valence-corrected chi connectivity index (χ1v) is 8.01. The summed E-state index contributed by atoms with van der Waals surface area (Å²) >= 11 is 0. The van der Waals surface area contributed by atoms with Crippen molar-refractivity contribution >= 4 is 5.97 Å². The average Bonchev–Trinajstić information content (AvgIpc) is 2.45. The van der Waals surface area contributed by atoms with Gasteiger partial charge in [-0.05, 0) is 73.8 Å². The SMILES string of the molecule is COc1cc(C(=O)O)ccc1C12CC3CC(CC(C3)C1)C2. The van der Waals surface area contributed by atoms with E-state index in [1.165, 1.54) is 44.1 Å². The molecule has 4 bridgehead atoms. The van der Waals surface area contributed by atoms with Gasteiger partial charge in [-0.2, -0.15) is 0 Å². The average molecular weight is 286 g/mol. The van der Waals surface area contributed by atoms with Crippen LogP contribution in [0.4, 0.5) is 0 Å². The number of hydrogen-bond donors (Lipinski definition) is 1. The molecule has 0 aliphatic heterocycles. The van der Waals surface area contributed by atoms with Crippen LogP contribution in [0, 0.1) is 17.8 Å². The molecule has 112 valence electrons. The highest BCUT2D eigenvalue weighted by Crippen LogP contribution is 2.61. The third kappa shape index (κ3) is 1.97. The molecule has 4 aliphatic carbocycles. The molecule has 4 saturated carbocycles. The van der Waals surface area contributed by atoms with Crippen LogP contribution >= 0.6 is 0 Å². The molecule has 0 saturated heterocycles. The largest absolute Gasteiger partial charge is 0.496 e. The number of aromatic carboxylic acids is 1. The van der Waals surface area contributed by atoms with Gasteiger partial charge in [0.05, 0.1) is 12.7 Å². The minimum Gasteiger partial charge on any atom is -0.496 e. The van der Waals surface area contributed by atoms with Crippen LogP contribution in [0.2, 0.25) is 0 Å². The van der Waals surface area contributed by atoms with Gasteiger partial charge in [-0.25, -0.2) is 4.79 Å². The number of carboxylic acid groups (broad SMARTS) is 1. The summed E-state index contributed by atoms with van der Waals surface area (Å²) in [5.74, 6) is 2.52. The van der Waals surface area contributed by atoms with Gasteiger partial charge in [0.15, 0.2) is 0 Å². The molecule has 1 aromatic rings. The molecule has 0 amide bonds. The van der Waals surface area contributed by atoms with Crippen LogP contribution < -0.4 is 4.74 Å². The van der Waals surface area contributed by atoms with E-state index in [9.17, 15) is 9.90 Å². The van der Waals surface area contributed by atoms with Gasteiger partial charge in [0, 0.05) is 5.56 Å². The predicted octanol–water partition coefficient (Wildman–Crippen LogP) is 3.86. The van der Waals surface area contributed by atoms with E-state index in [2.05, 4.69) is 0 Å². The summed E-state index contributed by atoms with van der Waals surface area (Å²) in [5.41, 5.74) is 1.83. The molecule has 21 heavy (non-hydrogen) atoms. The third-order valence-electron chi connectivity index (χ3n) is 6.06. The minimum absolute atomic E-state index is 0.247. The number of methoxy groups -OCH3 is 1. The molecular weight excluding hydrogens is 264 g/mol. The molecular formula is C18H22O3. The highest BCUT2D eigenvalue weighted by atomic mass is 16.5. The fourth-order valence-electron chi connectivity index (χ4n) is 5.70. The van der Waals surface area contributed by atoms with Gasteiger partial charge in [-0.15, -0.1) is 0 Å². The summed E-state index contributed by atoms with van der Waals surface area (Å²) in [6, 6.07) is 5.48. The topological polar surface area (TPSA) is 46.5 Å². The Morgan fingerprint density at radius 1 is 1.14 bits per heavy atom. The van der Waals surface area contributed by atoms with E-state index in [0.717, 1.165) is 23.5 Å². The van der Waals surface area contributed by atoms with Crippen molar-refractivity contribution in [1.82, 2.24) is 0 Å². The summed E-state index contributed by atoms with van der Waals surface area (Å²) in [6.07, 6.45) is 8.03. The van der Waals surface area contributed by atoms with Crippen molar-refractivity contribution in [3.05, 3.63) is 29.3 Å². The van der Waals surface area contributed by atoms with Crippen molar-refractivity contribution in [3.63, 3.8) is 0 Å². The second-order valence-electron chi connectivity index (χ2n) is 7.42. The second kappa shape index (κ2) is 4.49. The Bertz CT molecular complexity index is 555. The second-order valence-corrected chi connectivity index (χ2v) is 7.42. The lowest BCUT2D eigenvalue weighted by molar-refractivity contribution is -0.00618. The number of carboxylic acids is 1. The lowest BCUT2D eigenvalue weighted by Crippen LogP contribution is -2.48. The Balaban J connectivity index is 1.77. The number of carbonyl (C=O) groups is 1. The molecule has 0 atom stereocenters. The smallest absolute Gasteiger partial charge is 0.335 e. The molecule has 4 fully saturated rings. The molecule has 1 aromatic carbocycles. The van der Waals surface area contributed by atoms with Crippen LogP contribution in [0.5, 0.6) is 5.75 Å². The quantitative estimate of drug-likeness (QED) is 0.917. The van der Waals surface area contributed by atoms with Gasteiger partial charge < -0.3 is 9.84 Å². The molecule has 0 unspecified atom stereocenters. The maximum absolute atomic E-state index is 11.2. The lowest BCUT2D eigenvalue weighted by atomic mass is 9.48. The van der Waals surface area contributed by atoms with E-state index >= 15 is 0 Å². The van der Waals surface area contributed by atoms with E-state index in [0.29, 0.717) is 5.56 Å². The van der Waals surface area contributed by atoms with Gasteiger partial charge in [-0.1, -0.05) is 6.07 Å². The van der Waals surface area contributed by atoms with Gasteiger partial charge in [0.25, 0.3) is 0 Å². The van der Waals surface area contributed by atoms with Crippen molar-refractivity contribution in [3.8, 4) is 5.75 Å². The molecule has 0 radical (unpaired) electrons. The fraction of sp³-hybridized carbons (Fsp3) is 0.611. The monoisotopic (exact) mass is 286 g/mol. The molecule has 0 aromatic heterocycles. The van der Waals surface area contributed by atoms with Crippen LogP contribution in [0.1, 0.15) is 54.4 Å². The standard InChI is InChI=1S/C18H22O3/c1-21-16-7-14(17(19)20)2-3-15(16)18-8-11-4-12(9-18)6-13(5-11)10-18/h2-3,7,11-13H,4-6,8-10H2,1H3,(H,19,20). The Morgan fingerprint density at radius 3 is 2.19 bits per heavy atom. The molecule has 0 spiro atoms. The first-order valence-electron chi connectivity index (χ1n) is 8.01. The van der Waals surface area contributed by atoms with Crippen LogP contribution in [-0.2, 0) is 5.41 Å². The lowest BCUT2D eigenvalue weighted by Gasteiger charge is -2.57. The molecule has 1 N–H and O–H groups in total. The summed E-state index contributed by atoms with van der Waals surface area (Å²) in [4.78, 5) is 11.2.